The number of H-pyrrole nitrogens is 1. The van der Waals surface area contributed by atoms with Crippen molar-refractivity contribution in [3.8, 4) is 17.1 Å². The van der Waals surface area contributed by atoms with Gasteiger partial charge in [-0.1, -0.05) is 11.6 Å². The van der Waals surface area contributed by atoms with Gasteiger partial charge in [-0.2, -0.15) is 18.3 Å². The molecule has 2 bridgehead atoms. The van der Waals surface area contributed by atoms with E-state index in [-0.39, 0.29) is 45.5 Å². The predicted molar refractivity (Wildman–Crippen MR) is 119 cm³/mol. The SMILES string of the molecule is O=C(Nc1cc(Cl)c(-c2ccc(OCC(F)(F)F)nn2)cc1F)N1[C@H]2CC[C@@H]1c1n[nH]c(=O)cc1C2. The van der Waals surface area contributed by atoms with E-state index >= 15 is 0 Å². The number of carbonyl (C=O) groups excluding carboxylic acids is 1. The Bertz CT molecular complexity index is 1380. The summed E-state index contributed by atoms with van der Waals surface area (Å²) in [6.07, 6.45) is -2.68. The minimum Gasteiger partial charge on any atom is -0.467 e. The van der Waals surface area contributed by atoms with Crippen molar-refractivity contribution >= 4 is 23.3 Å². The van der Waals surface area contributed by atoms with Crippen LogP contribution in [0.5, 0.6) is 5.88 Å². The van der Waals surface area contributed by atoms with Crippen LogP contribution in [0.4, 0.5) is 28.0 Å². The molecule has 0 saturated carbocycles. The van der Waals surface area contributed by atoms with Gasteiger partial charge in [-0.25, -0.2) is 14.3 Å². The molecule has 2 N–H and O–H groups in total. The number of nitrogens with one attached hydrogen (secondary N) is 2. The molecule has 0 aliphatic carbocycles. The maximum atomic E-state index is 14.9. The fourth-order valence-electron chi connectivity index (χ4n) is 4.53. The zero-order valence-electron chi connectivity index (χ0n) is 18.3. The van der Waals surface area contributed by atoms with Crippen LogP contribution in [0.25, 0.3) is 11.3 Å². The summed E-state index contributed by atoms with van der Waals surface area (Å²) in [5.74, 6) is -1.15. The van der Waals surface area contributed by atoms with Gasteiger partial charge in [0.1, 0.15) is 5.82 Å². The average Bonchev–Trinajstić information content (AvgIpc) is 3.14. The first kappa shape index (κ1) is 24.0. The van der Waals surface area contributed by atoms with Gasteiger partial charge in [0, 0.05) is 23.7 Å². The maximum absolute atomic E-state index is 14.9. The standard InChI is InChI=1S/C22H17ClF4N6O3/c23-13-8-16(14(24)7-12(13)15-2-4-19(31-29-15)36-9-22(25,26)27)28-21(35)33-11-1-3-17(33)20-10(5-11)6-18(34)30-32-20/h2,4,6-8,11,17H,1,3,5,9H2,(H,28,35)(H,30,34)/t11-,17+/m0/s1. The van der Waals surface area contributed by atoms with Crippen LogP contribution in [0.2, 0.25) is 5.02 Å². The molecule has 2 aromatic heterocycles. The number of rotatable bonds is 4. The van der Waals surface area contributed by atoms with Crippen LogP contribution >= 0.6 is 11.6 Å². The number of amides is 2. The number of nitrogens with zero attached hydrogens (tertiary/aromatic N) is 4. The molecule has 1 saturated heterocycles. The van der Waals surface area contributed by atoms with Crippen molar-refractivity contribution in [1.82, 2.24) is 25.3 Å². The highest BCUT2D eigenvalue weighted by Crippen LogP contribution is 2.42. The van der Waals surface area contributed by atoms with Crippen LogP contribution in [-0.2, 0) is 6.42 Å². The predicted octanol–water partition coefficient (Wildman–Crippen LogP) is 4.25. The molecule has 5 rings (SSSR count). The minimum absolute atomic E-state index is 0.0381. The number of aromatic nitrogens is 4. The van der Waals surface area contributed by atoms with E-state index in [4.69, 9.17) is 11.6 Å². The zero-order chi connectivity index (χ0) is 25.6. The summed E-state index contributed by atoms with van der Waals surface area (Å²) in [5.41, 5.74) is 1.17. The van der Waals surface area contributed by atoms with Crippen molar-refractivity contribution in [2.45, 2.75) is 37.5 Å². The van der Waals surface area contributed by atoms with Gasteiger partial charge in [0.25, 0.3) is 5.56 Å². The molecular formula is C22H17ClF4N6O3. The second-order valence-electron chi connectivity index (χ2n) is 8.40. The van der Waals surface area contributed by atoms with E-state index in [0.717, 1.165) is 17.7 Å². The van der Waals surface area contributed by atoms with Crippen molar-refractivity contribution in [3.05, 3.63) is 62.8 Å². The molecule has 2 amide bonds. The molecule has 0 spiro atoms. The smallest absolute Gasteiger partial charge is 0.422 e. The molecule has 4 heterocycles. The van der Waals surface area contributed by atoms with Gasteiger partial charge >= 0.3 is 12.2 Å². The van der Waals surface area contributed by atoms with E-state index in [0.29, 0.717) is 25.0 Å². The maximum Gasteiger partial charge on any atom is 0.422 e. The van der Waals surface area contributed by atoms with Crippen molar-refractivity contribution in [1.29, 1.82) is 0 Å². The Morgan fingerprint density at radius 3 is 2.75 bits per heavy atom. The topological polar surface area (TPSA) is 113 Å². The monoisotopic (exact) mass is 524 g/mol. The lowest BCUT2D eigenvalue weighted by atomic mass is 9.99. The van der Waals surface area contributed by atoms with E-state index in [2.05, 4.69) is 30.4 Å². The lowest BCUT2D eigenvalue weighted by Gasteiger charge is -2.35. The molecule has 9 nitrogen and oxygen atoms in total. The summed E-state index contributed by atoms with van der Waals surface area (Å²) in [4.78, 5) is 26.3. The number of anilines is 1. The van der Waals surface area contributed by atoms with Gasteiger partial charge in [-0.05, 0) is 43.0 Å². The molecule has 2 aliphatic heterocycles. The summed E-state index contributed by atoms with van der Waals surface area (Å²) >= 11 is 6.29. The second kappa shape index (κ2) is 9.04. The first-order valence-electron chi connectivity index (χ1n) is 10.8. The van der Waals surface area contributed by atoms with E-state index in [1.165, 1.54) is 18.2 Å². The quantitative estimate of drug-likeness (QED) is 0.493. The Hall–Kier alpha value is -3.74. The van der Waals surface area contributed by atoms with Crippen LogP contribution in [0.1, 0.15) is 30.1 Å². The van der Waals surface area contributed by atoms with Gasteiger partial charge in [0.05, 0.1) is 28.1 Å². The molecule has 36 heavy (non-hydrogen) atoms. The Morgan fingerprint density at radius 2 is 2.03 bits per heavy atom. The summed E-state index contributed by atoms with van der Waals surface area (Å²) in [5, 5.41) is 16.4. The number of ether oxygens (including phenoxy) is 1. The van der Waals surface area contributed by atoms with Gasteiger partial charge < -0.3 is 15.0 Å². The summed E-state index contributed by atoms with van der Waals surface area (Å²) in [6.45, 7) is -1.52. The van der Waals surface area contributed by atoms with Gasteiger partial charge in [-0.3, -0.25) is 4.79 Å². The van der Waals surface area contributed by atoms with Crippen molar-refractivity contribution in [2.75, 3.05) is 11.9 Å². The number of fused-ring (bicyclic) bond motifs is 4. The summed E-state index contributed by atoms with van der Waals surface area (Å²) < 4.78 is 56.3. The number of halogens is 5. The molecule has 14 heteroatoms. The number of hydrogen-bond donors (Lipinski definition) is 2. The van der Waals surface area contributed by atoms with Crippen LogP contribution in [0, 0.1) is 5.82 Å². The van der Waals surface area contributed by atoms with Gasteiger partial charge in [0.15, 0.2) is 6.61 Å². The molecule has 3 aromatic rings. The van der Waals surface area contributed by atoms with E-state index in [1.807, 2.05) is 0 Å². The number of benzene rings is 1. The Kier molecular flexibility index (Phi) is 6.02. The first-order chi connectivity index (χ1) is 17.1. The van der Waals surface area contributed by atoms with E-state index in [1.54, 1.807) is 4.90 Å². The summed E-state index contributed by atoms with van der Waals surface area (Å²) in [7, 11) is 0. The van der Waals surface area contributed by atoms with Crippen LogP contribution in [-0.4, -0.2) is 50.2 Å². The van der Waals surface area contributed by atoms with Crippen molar-refractivity contribution in [3.63, 3.8) is 0 Å². The molecule has 2 aliphatic rings. The highest BCUT2D eigenvalue weighted by molar-refractivity contribution is 6.33. The highest BCUT2D eigenvalue weighted by atomic mass is 35.5. The van der Waals surface area contributed by atoms with Crippen LogP contribution < -0.4 is 15.6 Å². The Morgan fingerprint density at radius 1 is 1.22 bits per heavy atom. The van der Waals surface area contributed by atoms with Gasteiger partial charge in [0.2, 0.25) is 5.88 Å². The number of alkyl halides is 3. The van der Waals surface area contributed by atoms with Crippen molar-refractivity contribution < 1.29 is 27.1 Å². The molecule has 0 unspecified atom stereocenters. The lowest BCUT2D eigenvalue weighted by Crippen LogP contribution is -2.45. The lowest BCUT2D eigenvalue weighted by molar-refractivity contribution is -0.154. The van der Waals surface area contributed by atoms with Crippen LogP contribution in [0.15, 0.2) is 35.1 Å². The molecule has 0 radical (unpaired) electrons. The van der Waals surface area contributed by atoms with Crippen LogP contribution in [0.3, 0.4) is 0 Å². The normalized spacial score (nSPS) is 18.6. The number of carbonyl (C=O) groups is 1. The minimum atomic E-state index is -4.53. The molecule has 188 valence electrons. The molecule has 2 atom stereocenters. The summed E-state index contributed by atoms with van der Waals surface area (Å²) in [6, 6.07) is 5.16. The number of hydrogen-bond acceptors (Lipinski definition) is 6. The van der Waals surface area contributed by atoms with E-state index in [9.17, 15) is 27.2 Å². The van der Waals surface area contributed by atoms with E-state index < -0.39 is 24.6 Å². The fraction of sp³-hybridized carbons (Fsp3) is 0.318. The highest BCUT2D eigenvalue weighted by Gasteiger charge is 2.44. The number of urea groups is 1. The first-order valence-corrected chi connectivity index (χ1v) is 11.2. The molecule has 1 fully saturated rings. The fourth-order valence-corrected chi connectivity index (χ4v) is 4.79. The third-order valence-electron chi connectivity index (χ3n) is 6.03. The second-order valence-corrected chi connectivity index (χ2v) is 8.81. The zero-order valence-corrected chi connectivity index (χ0v) is 19.0. The van der Waals surface area contributed by atoms with Crippen molar-refractivity contribution in [2.24, 2.45) is 0 Å². The average molecular weight is 525 g/mol. The third kappa shape index (κ3) is 4.70. The number of aromatic amines is 1. The Labute approximate surface area is 205 Å². The third-order valence-corrected chi connectivity index (χ3v) is 6.34. The van der Waals surface area contributed by atoms with Gasteiger partial charge in [-0.15, -0.1) is 10.2 Å². The largest absolute Gasteiger partial charge is 0.467 e. The molecule has 1 aromatic carbocycles. The molecular weight excluding hydrogens is 508 g/mol. The Balaban J connectivity index is 1.32.